The summed E-state index contributed by atoms with van der Waals surface area (Å²) in [5.41, 5.74) is 3.21. The minimum absolute atomic E-state index is 0.199. The van der Waals surface area contributed by atoms with Crippen molar-refractivity contribution in [2.75, 3.05) is 6.54 Å². The van der Waals surface area contributed by atoms with Gasteiger partial charge in [0, 0.05) is 12.7 Å². The minimum Gasteiger partial charge on any atom is -0.355 e. The van der Waals surface area contributed by atoms with Crippen molar-refractivity contribution in [2.24, 2.45) is 0 Å². The summed E-state index contributed by atoms with van der Waals surface area (Å²) in [6.45, 7) is 2.37. The van der Waals surface area contributed by atoms with Crippen LogP contribution in [0.25, 0.3) is 10.4 Å². The second-order valence-corrected chi connectivity index (χ2v) is 8.32. The smallest absolute Gasteiger partial charge is 0.241 e. The zero-order valence-corrected chi connectivity index (χ0v) is 14.9. The van der Waals surface area contributed by atoms with Crippen LogP contribution in [0.5, 0.6) is 0 Å². The molecule has 1 aliphatic heterocycles. The molecule has 0 saturated carbocycles. The van der Waals surface area contributed by atoms with Crippen molar-refractivity contribution >= 4 is 27.3 Å². The number of carbonyl (C=O) groups is 1. The molecule has 0 spiro atoms. The van der Waals surface area contributed by atoms with Crippen LogP contribution in [-0.2, 0) is 14.8 Å². The third-order valence-corrected chi connectivity index (χ3v) is 6.53. The van der Waals surface area contributed by atoms with Gasteiger partial charge in [0.25, 0.3) is 0 Å². The van der Waals surface area contributed by atoms with Crippen LogP contribution in [0, 0.1) is 6.92 Å². The van der Waals surface area contributed by atoms with Crippen LogP contribution in [0.2, 0.25) is 0 Å². The molecule has 1 aromatic heterocycles. The third kappa shape index (κ3) is 3.50. The number of nitrogens with one attached hydrogen (secondary N) is 2. The molecule has 1 saturated heterocycles. The zero-order chi connectivity index (χ0) is 17.2. The second kappa shape index (κ2) is 7.00. The molecule has 8 heteroatoms. The number of rotatable bonds is 4. The topological polar surface area (TPSA) is 88.2 Å². The number of thiazole rings is 1. The lowest BCUT2D eigenvalue weighted by Gasteiger charge is -2.17. The van der Waals surface area contributed by atoms with E-state index in [-0.39, 0.29) is 10.8 Å². The Balaban J connectivity index is 1.92. The van der Waals surface area contributed by atoms with Crippen molar-refractivity contribution in [3.05, 3.63) is 35.5 Å². The van der Waals surface area contributed by atoms with Crippen LogP contribution in [0.1, 0.15) is 24.8 Å². The summed E-state index contributed by atoms with van der Waals surface area (Å²) < 4.78 is 28.2. The van der Waals surface area contributed by atoms with E-state index in [1.54, 1.807) is 30.8 Å². The van der Waals surface area contributed by atoms with Gasteiger partial charge in [-0.05, 0) is 43.4 Å². The number of hydrogen-bond donors (Lipinski definition) is 2. The van der Waals surface area contributed by atoms with Crippen LogP contribution in [-0.4, -0.2) is 31.9 Å². The molecule has 0 bridgehead atoms. The highest BCUT2D eigenvalue weighted by atomic mass is 32.2. The molecule has 0 radical (unpaired) electrons. The molecule has 3 rings (SSSR count). The fourth-order valence-electron chi connectivity index (χ4n) is 2.82. The Morgan fingerprint density at radius 3 is 2.92 bits per heavy atom. The number of sulfonamides is 1. The van der Waals surface area contributed by atoms with Crippen molar-refractivity contribution in [1.29, 1.82) is 0 Å². The van der Waals surface area contributed by atoms with Gasteiger partial charge in [0.1, 0.15) is 6.04 Å². The Bertz CT molecular complexity index is 832. The first kappa shape index (κ1) is 17.1. The fourth-order valence-corrected chi connectivity index (χ4v) is 5.03. The molecular formula is C16H19N3O3S2. The zero-order valence-electron chi connectivity index (χ0n) is 13.3. The van der Waals surface area contributed by atoms with Crippen LogP contribution in [0.3, 0.4) is 0 Å². The van der Waals surface area contributed by atoms with Crippen LogP contribution >= 0.6 is 11.3 Å². The molecule has 128 valence electrons. The fraction of sp³-hybridized carbons (Fsp3) is 0.375. The Kier molecular flexibility index (Phi) is 4.98. The number of nitrogens with zero attached hydrogens (tertiary/aromatic N) is 1. The van der Waals surface area contributed by atoms with Crippen molar-refractivity contribution in [3.8, 4) is 10.4 Å². The monoisotopic (exact) mass is 365 g/mol. The van der Waals surface area contributed by atoms with Gasteiger partial charge in [-0.2, -0.15) is 4.72 Å². The van der Waals surface area contributed by atoms with Gasteiger partial charge in [0.15, 0.2) is 0 Å². The summed E-state index contributed by atoms with van der Waals surface area (Å²) in [7, 11) is -3.78. The molecule has 0 aliphatic carbocycles. The lowest BCUT2D eigenvalue weighted by Crippen LogP contribution is -2.45. The largest absolute Gasteiger partial charge is 0.355 e. The summed E-state index contributed by atoms with van der Waals surface area (Å²) in [5, 5.41) is 2.74. The molecule has 1 atom stereocenters. The summed E-state index contributed by atoms with van der Waals surface area (Å²) in [6, 6.07) is 4.44. The maximum atomic E-state index is 12.8. The average Bonchev–Trinajstić information content (AvgIpc) is 3.00. The molecule has 1 aromatic carbocycles. The van der Waals surface area contributed by atoms with Gasteiger partial charge in [-0.25, -0.2) is 8.42 Å². The van der Waals surface area contributed by atoms with Gasteiger partial charge >= 0.3 is 0 Å². The SMILES string of the molecule is Cc1c(-c2cncs2)cccc1S(=O)(=O)N[C@@H]1CCCCNC1=O. The van der Waals surface area contributed by atoms with Gasteiger partial charge in [0.2, 0.25) is 15.9 Å². The first-order chi connectivity index (χ1) is 11.5. The van der Waals surface area contributed by atoms with Gasteiger partial charge in [-0.15, -0.1) is 11.3 Å². The molecular weight excluding hydrogens is 346 g/mol. The Labute approximate surface area is 145 Å². The average molecular weight is 365 g/mol. The lowest BCUT2D eigenvalue weighted by molar-refractivity contribution is -0.122. The minimum atomic E-state index is -3.78. The molecule has 0 unspecified atom stereocenters. The van der Waals surface area contributed by atoms with E-state index in [4.69, 9.17) is 0 Å². The molecule has 24 heavy (non-hydrogen) atoms. The predicted octanol–water partition coefficient (Wildman–Crippen LogP) is 2.07. The van der Waals surface area contributed by atoms with Crippen molar-refractivity contribution in [3.63, 3.8) is 0 Å². The molecule has 1 amide bonds. The lowest BCUT2D eigenvalue weighted by atomic mass is 10.1. The Morgan fingerprint density at radius 2 is 2.17 bits per heavy atom. The first-order valence-corrected chi connectivity index (χ1v) is 10.1. The van der Waals surface area contributed by atoms with Crippen LogP contribution in [0.15, 0.2) is 34.8 Å². The molecule has 2 aromatic rings. The van der Waals surface area contributed by atoms with Gasteiger partial charge < -0.3 is 5.32 Å². The number of carbonyl (C=O) groups excluding carboxylic acids is 1. The van der Waals surface area contributed by atoms with E-state index in [9.17, 15) is 13.2 Å². The highest BCUT2D eigenvalue weighted by molar-refractivity contribution is 7.89. The number of hydrogen-bond acceptors (Lipinski definition) is 5. The number of aromatic nitrogens is 1. The summed E-state index contributed by atoms with van der Waals surface area (Å²) in [4.78, 5) is 17.2. The van der Waals surface area contributed by atoms with E-state index < -0.39 is 16.1 Å². The summed E-state index contributed by atoms with van der Waals surface area (Å²) in [5.74, 6) is -0.257. The summed E-state index contributed by atoms with van der Waals surface area (Å²) >= 11 is 1.46. The van der Waals surface area contributed by atoms with E-state index in [0.29, 0.717) is 18.5 Å². The maximum Gasteiger partial charge on any atom is 0.241 e. The van der Waals surface area contributed by atoms with E-state index in [1.165, 1.54) is 11.3 Å². The second-order valence-electron chi connectivity index (χ2n) is 5.76. The van der Waals surface area contributed by atoms with Gasteiger partial charge in [-0.3, -0.25) is 9.78 Å². The highest BCUT2D eigenvalue weighted by Crippen LogP contribution is 2.30. The third-order valence-electron chi connectivity index (χ3n) is 4.10. The van der Waals surface area contributed by atoms with Crippen molar-refractivity contribution in [1.82, 2.24) is 15.0 Å². The Morgan fingerprint density at radius 1 is 1.33 bits per heavy atom. The molecule has 2 N–H and O–H groups in total. The quantitative estimate of drug-likeness (QED) is 0.868. The standard InChI is InChI=1S/C16H19N3O3S2/c1-11-12(14-9-17-10-23-14)5-4-7-15(11)24(21,22)19-13-6-2-3-8-18-16(13)20/h4-5,7,9-10,13,19H,2-3,6,8H2,1H3,(H,18,20)/t13-/m1/s1. The molecule has 6 nitrogen and oxygen atoms in total. The van der Waals surface area contributed by atoms with Crippen molar-refractivity contribution < 1.29 is 13.2 Å². The Hall–Kier alpha value is -1.77. The maximum absolute atomic E-state index is 12.8. The van der Waals surface area contributed by atoms with E-state index in [1.807, 2.05) is 6.07 Å². The molecule has 2 heterocycles. The van der Waals surface area contributed by atoms with Crippen molar-refractivity contribution in [2.45, 2.75) is 37.1 Å². The first-order valence-electron chi connectivity index (χ1n) is 7.77. The van der Waals surface area contributed by atoms with Gasteiger partial charge in [0.05, 0.1) is 15.3 Å². The van der Waals surface area contributed by atoms with E-state index in [0.717, 1.165) is 23.3 Å². The number of amides is 1. The molecule has 1 aliphatic rings. The summed E-state index contributed by atoms with van der Waals surface area (Å²) in [6.07, 6.45) is 3.91. The van der Waals surface area contributed by atoms with E-state index >= 15 is 0 Å². The van der Waals surface area contributed by atoms with E-state index in [2.05, 4.69) is 15.0 Å². The van der Waals surface area contributed by atoms with Crippen LogP contribution in [0.4, 0.5) is 0 Å². The molecule has 1 fully saturated rings. The highest BCUT2D eigenvalue weighted by Gasteiger charge is 2.28. The van der Waals surface area contributed by atoms with Gasteiger partial charge in [-0.1, -0.05) is 12.1 Å². The normalized spacial score (nSPS) is 18.9. The van der Waals surface area contributed by atoms with Crippen LogP contribution < -0.4 is 10.0 Å². The number of benzene rings is 1. The predicted molar refractivity (Wildman–Crippen MR) is 93.3 cm³/mol.